The normalized spacial score (nSPS) is 12.8. The molecule has 0 saturated heterocycles. The molecule has 0 fully saturated rings. The highest BCUT2D eigenvalue weighted by atomic mass is 35.5. The summed E-state index contributed by atoms with van der Waals surface area (Å²) >= 11 is 5.95. The van der Waals surface area contributed by atoms with Gasteiger partial charge in [-0.2, -0.15) is 0 Å². The van der Waals surface area contributed by atoms with Gasteiger partial charge >= 0.3 is 0 Å². The van der Waals surface area contributed by atoms with Gasteiger partial charge in [0, 0.05) is 11.1 Å². The van der Waals surface area contributed by atoms with Crippen molar-refractivity contribution >= 4 is 11.6 Å². The molecule has 78 valence electrons. The minimum atomic E-state index is 0.439. The van der Waals surface area contributed by atoms with Crippen LogP contribution >= 0.6 is 11.6 Å². The fraction of sp³-hybridized carbons (Fsp3) is 0.500. The van der Waals surface area contributed by atoms with E-state index >= 15 is 0 Å². The summed E-state index contributed by atoms with van der Waals surface area (Å²) < 4.78 is 0. The summed E-state index contributed by atoms with van der Waals surface area (Å²) in [6.45, 7) is 2.21. The fourth-order valence-corrected chi connectivity index (χ4v) is 1.81. The van der Waals surface area contributed by atoms with Crippen LogP contribution in [0.3, 0.4) is 0 Å². The average molecular weight is 212 g/mol. The minimum Gasteiger partial charge on any atom is -0.313 e. The van der Waals surface area contributed by atoms with Gasteiger partial charge in [0.05, 0.1) is 0 Å². The van der Waals surface area contributed by atoms with Crippen molar-refractivity contribution in [3.63, 3.8) is 0 Å². The van der Waals surface area contributed by atoms with Gasteiger partial charge in [-0.25, -0.2) is 0 Å². The number of rotatable bonds is 5. The molecule has 1 atom stereocenters. The monoisotopic (exact) mass is 211 g/mol. The first-order valence-electron chi connectivity index (χ1n) is 5.20. The maximum Gasteiger partial charge on any atom is 0.0409 e. The van der Waals surface area contributed by atoms with Crippen LogP contribution in [0.25, 0.3) is 0 Å². The molecule has 1 aromatic carbocycles. The lowest BCUT2D eigenvalue weighted by Gasteiger charge is -2.16. The lowest BCUT2D eigenvalue weighted by molar-refractivity contribution is 0.523. The maximum atomic E-state index is 5.95. The van der Waals surface area contributed by atoms with E-state index in [4.69, 9.17) is 11.6 Å². The van der Waals surface area contributed by atoms with E-state index in [1.54, 1.807) is 0 Å². The molecule has 0 aromatic heterocycles. The molecule has 1 rings (SSSR count). The van der Waals surface area contributed by atoms with Crippen LogP contribution in [-0.4, -0.2) is 7.05 Å². The van der Waals surface area contributed by atoms with Crippen LogP contribution in [0.15, 0.2) is 24.3 Å². The standard InChI is InChI=1S/C12H18ClN/c1-3-4-8-12(14-2)10-6-5-7-11(13)9-10/h5-7,9,12,14H,3-4,8H2,1-2H3. The molecule has 0 bridgehead atoms. The third-order valence-corrected chi connectivity index (χ3v) is 2.68. The Morgan fingerprint density at radius 1 is 1.43 bits per heavy atom. The van der Waals surface area contributed by atoms with Crippen LogP contribution in [0.4, 0.5) is 0 Å². The van der Waals surface area contributed by atoms with Gasteiger partial charge in [0.2, 0.25) is 0 Å². The van der Waals surface area contributed by atoms with Gasteiger partial charge in [-0.15, -0.1) is 0 Å². The quantitative estimate of drug-likeness (QED) is 0.782. The van der Waals surface area contributed by atoms with E-state index in [1.807, 2.05) is 25.2 Å². The average Bonchev–Trinajstić information content (AvgIpc) is 2.19. The predicted octanol–water partition coefficient (Wildman–Crippen LogP) is 3.79. The van der Waals surface area contributed by atoms with E-state index in [0.29, 0.717) is 6.04 Å². The van der Waals surface area contributed by atoms with Crippen molar-refractivity contribution in [2.24, 2.45) is 0 Å². The zero-order valence-electron chi connectivity index (χ0n) is 8.89. The van der Waals surface area contributed by atoms with Crippen molar-refractivity contribution in [3.8, 4) is 0 Å². The van der Waals surface area contributed by atoms with Crippen molar-refractivity contribution in [3.05, 3.63) is 34.9 Å². The van der Waals surface area contributed by atoms with Crippen LogP contribution in [0, 0.1) is 0 Å². The highest BCUT2D eigenvalue weighted by Crippen LogP contribution is 2.21. The second kappa shape index (κ2) is 6.05. The largest absolute Gasteiger partial charge is 0.313 e. The maximum absolute atomic E-state index is 5.95. The summed E-state index contributed by atoms with van der Waals surface area (Å²) in [4.78, 5) is 0. The van der Waals surface area contributed by atoms with Gasteiger partial charge in [-0.3, -0.25) is 0 Å². The number of hydrogen-bond acceptors (Lipinski definition) is 1. The Kier molecular flexibility index (Phi) is 4.99. The Bertz CT molecular complexity index is 273. The smallest absolute Gasteiger partial charge is 0.0409 e. The van der Waals surface area contributed by atoms with E-state index in [-0.39, 0.29) is 0 Å². The number of unbranched alkanes of at least 4 members (excludes halogenated alkanes) is 1. The van der Waals surface area contributed by atoms with Crippen molar-refractivity contribution < 1.29 is 0 Å². The molecule has 0 saturated carbocycles. The third-order valence-electron chi connectivity index (χ3n) is 2.45. The number of benzene rings is 1. The van der Waals surface area contributed by atoms with Gasteiger partial charge in [-0.1, -0.05) is 43.5 Å². The summed E-state index contributed by atoms with van der Waals surface area (Å²) in [5, 5.41) is 4.14. The number of nitrogens with one attached hydrogen (secondary N) is 1. The van der Waals surface area contributed by atoms with E-state index in [2.05, 4.69) is 18.3 Å². The van der Waals surface area contributed by atoms with Gasteiger partial charge < -0.3 is 5.32 Å². The molecule has 1 nitrogen and oxygen atoms in total. The molecule has 0 spiro atoms. The summed E-state index contributed by atoms with van der Waals surface area (Å²) in [6.07, 6.45) is 3.66. The highest BCUT2D eigenvalue weighted by Gasteiger charge is 2.07. The molecule has 0 aliphatic carbocycles. The van der Waals surface area contributed by atoms with Crippen LogP contribution in [0.5, 0.6) is 0 Å². The Balaban J connectivity index is 2.68. The lowest BCUT2D eigenvalue weighted by Crippen LogP contribution is -2.16. The number of halogens is 1. The molecule has 0 aliphatic rings. The zero-order valence-corrected chi connectivity index (χ0v) is 9.64. The zero-order chi connectivity index (χ0) is 10.4. The molecule has 1 N–H and O–H groups in total. The first kappa shape index (κ1) is 11.5. The second-order valence-electron chi connectivity index (χ2n) is 3.54. The second-order valence-corrected chi connectivity index (χ2v) is 3.97. The molecule has 1 unspecified atom stereocenters. The topological polar surface area (TPSA) is 12.0 Å². The molecule has 2 heteroatoms. The highest BCUT2D eigenvalue weighted by molar-refractivity contribution is 6.30. The first-order valence-corrected chi connectivity index (χ1v) is 5.58. The van der Waals surface area contributed by atoms with Gasteiger partial charge in [0.15, 0.2) is 0 Å². The molecule has 0 aliphatic heterocycles. The SMILES string of the molecule is CCCCC(NC)c1cccc(Cl)c1. The summed E-state index contributed by atoms with van der Waals surface area (Å²) in [5.41, 5.74) is 1.29. The van der Waals surface area contributed by atoms with Crippen LogP contribution in [0.2, 0.25) is 5.02 Å². The third kappa shape index (κ3) is 3.32. The summed E-state index contributed by atoms with van der Waals surface area (Å²) in [5.74, 6) is 0. The van der Waals surface area contributed by atoms with E-state index in [0.717, 1.165) is 5.02 Å². The Labute approximate surface area is 91.5 Å². The number of hydrogen-bond donors (Lipinski definition) is 1. The lowest BCUT2D eigenvalue weighted by atomic mass is 10.0. The van der Waals surface area contributed by atoms with Gasteiger partial charge in [0.1, 0.15) is 0 Å². The first-order chi connectivity index (χ1) is 6.77. The summed E-state index contributed by atoms with van der Waals surface area (Å²) in [7, 11) is 2.00. The van der Waals surface area contributed by atoms with Gasteiger partial charge in [0.25, 0.3) is 0 Å². The molecule has 14 heavy (non-hydrogen) atoms. The Hall–Kier alpha value is -0.530. The van der Waals surface area contributed by atoms with Crippen molar-refractivity contribution in [1.82, 2.24) is 5.32 Å². The molecule has 1 aromatic rings. The van der Waals surface area contributed by atoms with Crippen molar-refractivity contribution in [2.45, 2.75) is 32.2 Å². The van der Waals surface area contributed by atoms with Crippen molar-refractivity contribution in [2.75, 3.05) is 7.05 Å². The van der Waals surface area contributed by atoms with E-state index < -0.39 is 0 Å². The predicted molar refractivity (Wildman–Crippen MR) is 62.8 cm³/mol. The van der Waals surface area contributed by atoms with E-state index in [9.17, 15) is 0 Å². The summed E-state index contributed by atoms with van der Waals surface area (Å²) in [6, 6.07) is 8.53. The van der Waals surface area contributed by atoms with Crippen molar-refractivity contribution in [1.29, 1.82) is 0 Å². The molecule has 0 radical (unpaired) electrons. The molecular formula is C12H18ClN. The Morgan fingerprint density at radius 2 is 2.21 bits per heavy atom. The van der Waals surface area contributed by atoms with E-state index in [1.165, 1.54) is 24.8 Å². The molecule has 0 heterocycles. The van der Waals surface area contributed by atoms with Crippen LogP contribution in [0.1, 0.15) is 37.8 Å². The molecule has 0 amide bonds. The molecular weight excluding hydrogens is 194 g/mol. The fourth-order valence-electron chi connectivity index (χ4n) is 1.61. The van der Waals surface area contributed by atoms with Crippen LogP contribution < -0.4 is 5.32 Å². The Morgan fingerprint density at radius 3 is 2.79 bits per heavy atom. The van der Waals surface area contributed by atoms with Crippen LogP contribution in [-0.2, 0) is 0 Å². The minimum absolute atomic E-state index is 0.439. The van der Waals surface area contributed by atoms with Gasteiger partial charge in [-0.05, 0) is 31.2 Å².